The SMILES string of the molecule is CCC(COC)(COC)OC(C)=O. The molecule has 0 saturated carbocycles. The van der Waals surface area contributed by atoms with Crippen LogP contribution < -0.4 is 0 Å². The molecule has 0 heterocycles. The van der Waals surface area contributed by atoms with E-state index >= 15 is 0 Å². The summed E-state index contributed by atoms with van der Waals surface area (Å²) in [6.07, 6.45) is 0.675. The summed E-state index contributed by atoms with van der Waals surface area (Å²) >= 11 is 0. The highest BCUT2D eigenvalue weighted by Gasteiger charge is 2.31. The van der Waals surface area contributed by atoms with Crippen LogP contribution in [-0.2, 0) is 19.0 Å². The van der Waals surface area contributed by atoms with Gasteiger partial charge in [-0.1, -0.05) is 6.92 Å². The summed E-state index contributed by atoms with van der Waals surface area (Å²) in [7, 11) is 3.15. The Morgan fingerprint density at radius 1 is 1.23 bits per heavy atom. The molecule has 0 amide bonds. The largest absolute Gasteiger partial charge is 0.454 e. The summed E-state index contributed by atoms with van der Waals surface area (Å²) in [5.41, 5.74) is -0.630. The summed E-state index contributed by atoms with van der Waals surface area (Å²) in [5, 5.41) is 0. The lowest BCUT2D eigenvalue weighted by molar-refractivity contribution is -0.171. The molecule has 0 unspecified atom stereocenters. The molecule has 0 radical (unpaired) electrons. The number of hydrogen-bond donors (Lipinski definition) is 0. The van der Waals surface area contributed by atoms with Crippen molar-refractivity contribution in [3.8, 4) is 0 Å². The van der Waals surface area contributed by atoms with Crippen molar-refractivity contribution < 1.29 is 19.0 Å². The first-order valence-corrected chi connectivity index (χ1v) is 4.27. The van der Waals surface area contributed by atoms with Gasteiger partial charge in [-0.3, -0.25) is 4.79 Å². The Bertz CT molecular complexity index is 150. The van der Waals surface area contributed by atoms with Crippen LogP contribution in [0.15, 0.2) is 0 Å². The summed E-state index contributed by atoms with van der Waals surface area (Å²) in [4.78, 5) is 10.8. The van der Waals surface area contributed by atoms with Crippen molar-refractivity contribution in [1.82, 2.24) is 0 Å². The smallest absolute Gasteiger partial charge is 0.303 e. The van der Waals surface area contributed by atoms with E-state index in [1.54, 1.807) is 14.2 Å². The molecule has 0 atom stereocenters. The maximum atomic E-state index is 10.8. The van der Waals surface area contributed by atoms with Gasteiger partial charge in [0.05, 0.1) is 13.2 Å². The second kappa shape index (κ2) is 5.94. The van der Waals surface area contributed by atoms with Gasteiger partial charge >= 0.3 is 5.97 Å². The Kier molecular flexibility index (Phi) is 5.66. The van der Waals surface area contributed by atoms with Gasteiger partial charge in [0, 0.05) is 21.1 Å². The summed E-state index contributed by atoms with van der Waals surface area (Å²) < 4.78 is 15.2. The van der Waals surface area contributed by atoms with Crippen LogP contribution in [0, 0.1) is 0 Å². The van der Waals surface area contributed by atoms with Gasteiger partial charge in [0.25, 0.3) is 0 Å². The molecule has 0 spiro atoms. The molecule has 0 aliphatic rings. The van der Waals surface area contributed by atoms with Crippen LogP contribution in [0.3, 0.4) is 0 Å². The lowest BCUT2D eigenvalue weighted by atomic mass is 10.0. The van der Waals surface area contributed by atoms with Crippen molar-refractivity contribution in [3.63, 3.8) is 0 Å². The average Bonchev–Trinajstić information content (AvgIpc) is 2.04. The molecule has 0 rings (SSSR count). The second-order valence-corrected chi connectivity index (χ2v) is 3.00. The van der Waals surface area contributed by atoms with Gasteiger partial charge in [0.15, 0.2) is 5.60 Å². The normalized spacial score (nSPS) is 11.4. The highest BCUT2D eigenvalue weighted by Crippen LogP contribution is 2.17. The van der Waals surface area contributed by atoms with Crippen molar-refractivity contribution in [2.45, 2.75) is 25.9 Å². The topological polar surface area (TPSA) is 44.8 Å². The molecule has 13 heavy (non-hydrogen) atoms. The van der Waals surface area contributed by atoms with Crippen LogP contribution in [0.4, 0.5) is 0 Å². The lowest BCUT2D eigenvalue weighted by Crippen LogP contribution is -2.42. The first-order valence-electron chi connectivity index (χ1n) is 4.27. The molecule has 0 N–H and O–H groups in total. The van der Waals surface area contributed by atoms with Crippen LogP contribution >= 0.6 is 0 Å². The van der Waals surface area contributed by atoms with Gasteiger partial charge in [-0.2, -0.15) is 0 Å². The number of carbonyl (C=O) groups is 1. The Balaban J connectivity index is 4.33. The highest BCUT2D eigenvalue weighted by molar-refractivity contribution is 5.66. The number of methoxy groups -OCH3 is 2. The van der Waals surface area contributed by atoms with Crippen molar-refractivity contribution in [1.29, 1.82) is 0 Å². The van der Waals surface area contributed by atoms with E-state index in [2.05, 4.69) is 0 Å². The molecule has 0 aliphatic carbocycles. The molecule has 0 bridgehead atoms. The van der Waals surface area contributed by atoms with Crippen molar-refractivity contribution in [2.24, 2.45) is 0 Å². The summed E-state index contributed by atoms with van der Waals surface area (Å²) in [6, 6.07) is 0. The van der Waals surface area contributed by atoms with E-state index in [0.717, 1.165) is 0 Å². The van der Waals surface area contributed by atoms with Crippen LogP contribution in [0.2, 0.25) is 0 Å². The number of rotatable bonds is 6. The standard InChI is InChI=1S/C9H18O4/c1-5-9(6-11-3,7-12-4)13-8(2)10/h5-7H2,1-4H3. The Hall–Kier alpha value is -0.610. The minimum atomic E-state index is -0.630. The molecule has 0 aromatic carbocycles. The fourth-order valence-electron chi connectivity index (χ4n) is 1.21. The third-order valence-electron chi connectivity index (χ3n) is 1.82. The van der Waals surface area contributed by atoms with E-state index in [9.17, 15) is 4.79 Å². The van der Waals surface area contributed by atoms with E-state index in [1.165, 1.54) is 6.92 Å². The fraction of sp³-hybridized carbons (Fsp3) is 0.889. The Labute approximate surface area is 79.2 Å². The van der Waals surface area contributed by atoms with E-state index in [1.807, 2.05) is 6.92 Å². The molecule has 0 saturated heterocycles. The van der Waals surface area contributed by atoms with Gasteiger partial charge in [0.2, 0.25) is 0 Å². The van der Waals surface area contributed by atoms with Gasteiger partial charge in [-0.25, -0.2) is 0 Å². The number of hydrogen-bond acceptors (Lipinski definition) is 4. The van der Waals surface area contributed by atoms with Crippen LogP contribution in [0.5, 0.6) is 0 Å². The fourth-order valence-corrected chi connectivity index (χ4v) is 1.21. The summed E-state index contributed by atoms with van der Waals surface area (Å²) in [5.74, 6) is -0.309. The summed E-state index contributed by atoms with van der Waals surface area (Å²) in [6.45, 7) is 4.03. The maximum absolute atomic E-state index is 10.8. The Morgan fingerprint density at radius 2 is 1.69 bits per heavy atom. The zero-order valence-corrected chi connectivity index (χ0v) is 8.75. The predicted molar refractivity (Wildman–Crippen MR) is 48.5 cm³/mol. The van der Waals surface area contributed by atoms with Gasteiger partial charge < -0.3 is 14.2 Å². The monoisotopic (exact) mass is 190 g/mol. The number of ether oxygens (including phenoxy) is 3. The molecule has 0 aliphatic heterocycles. The molecule has 0 aromatic rings. The maximum Gasteiger partial charge on any atom is 0.303 e. The van der Waals surface area contributed by atoms with Crippen molar-refractivity contribution in [2.75, 3.05) is 27.4 Å². The second-order valence-electron chi connectivity index (χ2n) is 3.00. The Morgan fingerprint density at radius 3 is 1.92 bits per heavy atom. The minimum Gasteiger partial charge on any atom is -0.454 e. The first-order chi connectivity index (χ1) is 6.10. The molecule has 78 valence electrons. The lowest BCUT2D eigenvalue weighted by Gasteiger charge is -2.30. The third-order valence-corrected chi connectivity index (χ3v) is 1.82. The highest BCUT2D eigenvalue weighted by atomic mass is 16.6. The third kappa shape index (κ3) is 4.24. The van der Waals surface area contributed by atoms with E-state index in [0.29, 0.717) is 19.6 Å². The van der Waals surface area contributed by atoms with E-state index in [4.69, 9.17) is 14.2 Å². The molecule has 0 aromatic heterocycles. The van der Waals surface area contributed by atoms with Crippen LogP contribution in [0.1, 0.15) is 20.3 Å². The van der Waals surface area contributed by atoms with Crippen molar-refractivity contribution in [3.05, 3.63) is 0 Å². The van der Waals surface area contributed by atoms with Gasteiger partial charge in [-0.05, 0) is 6.42 Å². The molecular formula is C9H18O4. The zero-order valence-electron chi connectivity index (χ0n) is 8.75. The quantitative estimate of drug-likeness (QED) is 0.586. The number of esters is 1. The molecule has 4 heteroatoms. The predicted octanol–water partition coefficient (Wildman–Crippen LogP) is 0.991. The van der Waals surface area contributed by atoms with Gasteiger partial charge in [0.1, 0.15) is 0 Å². The molecular weight excluding hydrogens is 172 g/mol. The van der Waals surface area contributed by atoms with Crippen LogP contribution in [0.25, 0.3) is 0 Å². The average molecular weight is 190 g/mol. The zero-order chi connectivity index (χ0) is 10.3. The van der Waals surface area contributed by atoms with E-state index in [-0.39, 0.29) is 5.97 Å². The number of carbonyl (C=O) groups excluding carboxylic acids is 1. The first kappa shape index (κ1) is 12.4. The minimum absolute atomic E-state index is 0.309. The van der Waals surface area contributed by atoms with Crippen LogP contribution in [-0.4, -0.2) is 39.0 Å². The molecule has 0 fully saturated rings. The van der Waals surface area contributed by atoms with E-state index < -0.39 is 5.60 Å². The molecule has 4 nitrogen and oxygen atoms in total. The van der Waals surface area contributed by atoms with Crippen molar-refractivity contribution >= 4 is 5.97 Å². The van der Waals surface area contributed by atoms with Gasteiger partial charge in [-0.15, -0.1) is 0 Å².